The fourth-order valence-electron chi connectivity index (χ4n) is 3.43. The molecule has 0 saturated carbocycles. The summed E-state index contributed by atoms with van der Waals surface area (Å²) in [6.07, 6.45) is -0.830. The predicted octanol–water partition coefficient (Wildman–Crippen LogP) is 3.77. The van der Waals surface area contributed by atoms with Gasteiger partial charge in [-0.25, -0.2) is 9.59 Å². The van der Waals surface area contributed by atoms with Crippen LogP contribution in [0.2, 0.25) is 0 Å². The first-order valence-corrected chi connectivity index (χ1v) is 10.8. The average molecular weight is 515 g/mol. The first-order chi connectivity index (χ1) is 18.0. The lowest BCUT2D eigenvalue weighted by molar-refractivity contribution is -0.114. The Morgan fingerprint density at radius 2 is 1.61 bits per heavy atom. The molecule has 12 heteroatoms. The first-order valence-electron chi connectivity index (χ1n) is 10.8. The number of phenolic OH excluding ortho intramolecular Hbond substituents is 1. The van der Waals surface area contributed by atoms with Gasteiger partial charge in [-0.3, -0.25) is 20.3 Å². The van der Waals surface area contributed by atoms with Crippen molar-refractivity contribution in [3.63, 3.8) is 0 Å². The van der Waals surface area contributed by atoms with Gasteiger partial charge >= 0.3 is 12.1 Å². The number of rotatable bonds is 7. The summed E-state index contributed by atoms with van der Waals surface area (Å²) >= 11 is 0. The monoisotopic (exact) mass is 515 g/mol. The van der Waals surface area contributed by atoms with Crippen LogP contribution in [0.3, 0.4) is 0 Å². The third-order valence-corrected chi connectivity index (χ3v) is 5.20. The van der Waals surface area contributed by atoms with Crippen LogP contribution in [-0.4, -0.2) is 46.9 Å². The fourth-order valence-corrected chi connectivity index (χ4v) is 3.43. The SMILES string of the molecule is COC(=O)Nc1cc(O)c(C(=N)C(=O)Nc2ccc(C#N)cc2C(=O)O)cc1-c1ccc(NC(C)=O)cc1. The summed E-state index contributed by atoms with van der Waals surface area (Å²) in [6, 6.07) is 14.3. The number of anilines is 3. The van der Waals surface area contributed by atoms with Crippen molar-refractivity contribution in [2.75, 3.05) is 23.1 Å². The summed E-state index contributed by atoms with van der Waals surface area (Å²) in [7, 11) is 1.15. The van der Waals surface area contributed by atoms with Crippen molar-refractivity contribution in [3.8, 4) is 22.9 Å². The molecule has 0 heterocycles. The van der Waals surface area contributed by atoms with E-state index in [1.54, 1.807) is 30.3 Å². The van der Waals surface area contributed by atoms with Gasteiger partial charge in [0.1, 0.15) is 11.5 Å². The summed E-state index contributed by atoms with van der Waals surface area (Å²) < 4.78 is 4.62. The highest BCUT2D eigenvalue weighted by Crippen LogP contribution is 2.35. The second kappa shape index (κ2) is 11.4. The summed E-state index contributed by atoms with van der Waals surface area (Å²) in [5, 5.41) is 44.8. The number of nitrogens with zero attached hydrogens (tertiary/aromatic N) is 1. The molecule has 0 saturated heterocycles. The lowest BCUT2D eigenvalue weighted by atomic mass is 9.97. The normalized spacial score (nSPS) is 10.0. The molecule has 38 heavy (non-hydrogen) atoms. The van der Waals surface area contributed by atoms with Gasteiger partial charge in [0.25, 0.3) is 5.91 Å². The fraction of sp³-hybridized carbons (Fsp3) is 0.0769. The van der Waals surface area contributed by atoms with Crippen LogP contribution >= 0.6 is 0 Å². The molecule has 3 aromatic carbocycles. The average Bonchev–Trinajstić information content (AvgIpc) is 2.88. The number of carbonyl (C=O) groups excluding carboxylic acids is 3. The summed E-state index contributed by atoms with van der Waals surface area (Å²) in [6.45, 7) is 1.35. The van der Waals surface area contributed by atoms with Gasteiger partial charge in [-0.15, -0.1) is 0 Å². The molecule has 0 aliphatic carbocycles. The molecular weight excluding hydrogens is 494 g/mol. The molecule has 6 N–H and O–H groups in total. The van der Waals surface area contributed by atoms with Gasteiger partial charge in [0.15, 0.2) is 0 Å². The number of methoxy groups -OCH3 is 1. The van der Waals surface area contributed by atoms with Crippen molar-refractivity contribution in [2.45, 2.75) is 6.92 Å². The number of aromatic carboxylic acids is 1. The predicted molar refractivity (Wildman–Crippen MR) is 137 cm³/mol. The van der Waals surface area contributed by atoms with Crippen molar-refractivity contribution >= 4 is 46.7 Å². The Morgan fingerprint density at radius 3 is 2.18 bits per heavy atom. The van der Waals surface area contributed by atoms with Gasteiger partial charge in [0, 0.05) is 29.8 Å². The van der Waals surface area contributed by atoms with Crippen LogP contribution < -0.4 is 16.0 Å². The Bertz CT molecular complexity index is 1510. The van der Waals surface area contributed by atoms with Gasteiger partial charge in [-0.1, -0.05) is 12.1 Å². The molecule has 3 amide bonds. The molecule has 192 valence electrons. The van der Waals surface area contributed by atoms with E-state index in [0.29, 0.717) is 16.8 Å². The van der Waals surface area contributed by atoms with Crippen LogP contribution in [0.5, 0.6) is 5.75 Å². The topological polar surface area (TPSA) is 202 Å². The van der Waals surface area contributed by atoms with E-state index in [0.717, 1.165) is 19.2 Å². The summed E-state index contributed by atoms with van der Waals surface area (Å²) in [4.78, 5) is 47.6. The van der Waals surface area contributed by atoms with Crippen LogP contribution in [-0.2, 0) is 14.3 Å². The molecule has 0 unspecified atom stereocenters. The number of amides is 3. The van der Waals surface area contributed by atoms with E-state index in [-0.39, 0.29) is 34.0 Å². The highest BCUT2D eigenvalue weighted by atomic mass is 16.5. The Kier molecular flexibility index (Phi) is 8.04. The number of benzene rings is 3. The zero-order valence-corrected chi connectivity index (χ0v) is 20.1. The van der Waals surface area contributed by atoms with Gasteiger partial charge in [0.2, 0.25) is 5.91 Å². The third-order valence-electron chi connectivity index (χ3n) is 5.20. The van der Waals surface area contributed by atoms with E-state index in [9.17, 15) is 29.4 Å². The van der Waals surface area contributed by atoms with Gasteiger partial charge in [0.05, 0.1) is 35.7 Å². The largest absolute Gasteiger partial charge is 0.507 e. The van der Waals surface area contributed by atoms with Crippen molar-refractivity contribution < 1.29 is 34.1 Å². The highest BCUT2D eigenvalue weighted by molar-refractivity contribution is 6.48. The molecule has 0 aliphatic heterocycles. The van der Waals surface area contributed by atoms with E-state index in [1.165, 1.54) is 25.1 Å². The number of hydrogen-bond donors (Lipinski definition) is 6. The molecular formula is C26H21N5O7. The zero-order valence-electron chi connectivity index (χ0n) is 20.1. The molecule has 0 atom stereocenters. The summed E-state index contributed by atoms with van der Waals surface area (Å²) in [5.74, 6) is -3.22. The van der Waals surface area contributed by atoms with Crippen LogP contribution in [0, 0.1) is 16.7 Å². The number of aromatic hydroxyl groups is 1. The minimum atomic E-state index is -1.39. The Morgan fingerprint density at radius 1 is 0.921 bits per heavy atom. The Labute approximate surface area is 216 Å². The second-order valence-corrected chi connectivity index (χ2v) is 7.80. The van der Waals surface area contributed by atoms with Crippen molar-refractivity contribution in [1.82, 2.24) is 0 Å². The third kappa shape index (κ3) is 6.10. The standard InChI is InChI=1S/C26H21N5O7/c1-13(32)29-16-6-4-15(5-7-16)17-10-19(22(33)11-21(17)31-26(37)38-2)23(28)24(34)30-20-8-3-14(12-27)9-18(20)25(35)36/h3-11,28,33H,1-2H3,(H,29,32)(H,30,34)(H,31,37)(H,35,36). The maximum atomic E-state index is 12.9. The van der Waals surface area contributed by atoms with E-state index in [1.807, 2.05) is 0 Å². The number of carboxylic acid groups (broad SMARTS) is 1. The van der Waals surface area contributed by atoms with Crippen LogP contribution in [0.1, 0.15) is 28.4 Å². The molecule has 3 aromatic rings. The van der Waals surface area contributed by atoms with Gasteiger partial charge in [-0.2, -0.15) is 5.26 Å². The minimum Gasteiger partial charge on any atom is -0.507 e. The van der Waals surface area contributed by atoms with Gasteiger partial charge < -0.3 is 25.6 Å². The zero-order chi connectivity index (χ0) is 28.0. The molecule has 0 radical (unpaired) electrons. The second-order valence-electron chi connectivity index (χ2n) is 7.80. The number of ether oxygens (including phenoxy) is 1. The lowest BCUT2D eigenvalue weighted by Crippen LogP contribution is -2.24. The van der Waals surface area contributed by atoms with E-state index in [4.69, 9.17) is 10.7 Å². The van der Waals surface area contributed by atoms with Gasteiger partial charge in [-0.05, 0) is 42.0 Å². The van der Waals surface area contributed by atoms with E-state index >= 15 is 0 Å². The molecule has 0 aliphatic rings. The lowest BCUT2D eigenvalue weighted by Gasteiger charge is -2.16. The van der Waals surface area contributed by atoms with Crippen molar-refractivity contribution in [3.05, 3.63) is 71.3 Å². The number of hydrogen-bond acceptors (Lipinski definition) is 8. The Hall–Kier alpha value is -5.70. The smallest absolute Gasteiger partial charge is 0.411 e. The quantitative estimate of drug-likeness (QED) is 0.255. The number of carbonyl (C=O) groups is 4. The van der Waals surface area contributed by atoms with Crippen molar-refractivity contribution in [2.24, 2.45) is 0 Å². The van der Waals surface area contributed by atoms with Crippen LogP contribution in [0.15, 0.2) is 54.6 Å². The minimum absolute atomic E-state index is 0.0657. The molecule has 0 spiro atoms. The Balaban J connectivity index is 2.02. The molecule has 0 aromatic heterocycles. The maximum absolute atomic E-state index is 12.9. The maximum Gasteiger partial charge on any atom is 0.411 e. The number of phenols is 1. The molecule has 12 nitrogen and oxygen atoms in total. The first kappa shape index (κ1) is 26.9. The molecule has 0 bridgehead atoms. The van der Waals surface area contributed by atoms with Crippen molar-refractivity contribution in [1.29, 1.82) is 10.7 Å². The molecule has 3 rings (SSSR count). The number of nitrogens with one attached hydrogen (secondary N) is 4. The van der Waals surface area contributed by atoms with Crippen LogP contribution in [0.4, 0.5) is 21.9 Å². The van der Waals surface area contributed by atoms with E-state index in [2.05, 4.69) is 20.7 Å². The number of carboxylic acids is 1. The molecule has 0 fully saturated rings. The van der Waals surface area contributed by atoms with Crippen LogP contribution in [0.25, 0.3) is 11.1 Å². The number of nitriles is 1. The van der Waals surface area contributed by atoms with E-state index < -0.39 is 29.4 Å². The summed E-state index contributed by atoms with van der Waals surface area (Å²) in [5.41, 5.74) is 0.0602. The highest BCUT2D eigenvalue weighted by Gasteiger charge is 2.22.